The van der Waals surface area contributed by atoms with Gasteiger partial charge in [0, 0.05) is 31.7 Å². The summed E-state index contributed by atoms with van der Waals surface area (Å²) < 4.78 is 11.4. The summed E-state index contributed by atoms with van der Waals surface area (Å²) in [6.45, 7) is 12.4. The number of hydrogen-bond donors (Lipinski definition) is 0. The lowest BCUT2D eigenvalue weighted by atomic mass is 10.2. The van der Waals surface area contributed by atoms with Crippen LogP contribution < -0.4 is 9.47 Å². The monoisotopic (exact) mass is 334 g/mol. The summed E-state index contributed by atoms with van der Waals surface area (Å²) in [5.41, 5.74) is 0.608. The van der Waals surface area contributed by atoms with Gasteiger partial charge >= 0.3 is 0 Å². The summed E-state index contributed by atoms with van der Waals surface area (Å²) in [6, 6.07) is 5.32. The normalized spacial score (nSPS) is 16.1. The second kappa shape index (κ2) is 10.3. The van der Waals surface area contributed by atoms with Crippen LogP contribution in [0.5, 0.6) is 11.5 Å². The fourth-order valence-electron chi connectivity index (χ4n) is 2.93. The Morgan fingerprint density at radius 2 is 1.75 bits per heavy atom. The second-order valence-electron chi connectivity index (χ2n) is 6.09. The van der Waals surface area contributed by atoms with Crippen LogP contribution in [0.3, 0.4) is 0 Å². The van der Waals surface area contributed by atoms with Crippen molar-refractivity contribution in [3.63, 3.8) is 0 Å². The summed E-state index contributed by atoms with van der Waals surface area (Å²) >= 11 is 0. The van der Waals surface area contributed by atoms with Crippen molar-refractivity contribution in [3.05, 3.63) is 23.8 Å². The van der Waals surface area contributed by atoms with Gasteiger partial charge in [-0.2, -0.15) is 0 Å². The SMILES string of the molecule is CCOc1cc(C=O)ccc1OCCCCN1CCN(CC)CC1. The molecule has 5 heteroatoms. The topological polar surface area (TPSA) is 42.0 Å². The molecule has 0 saturated carbocycles. The molecule has 0 spiro atoms. The summed E-state index contributed by atoms with van der Waals surface area (Å²) in [6.07, 6.45) is 2.99. The standard InChI is InChI=1S/C19H30N2O3/c1-3-20-10-12-21(13-11-20)9-5-6-14-24-18-8-7-17(16-22)15-19(18)23-4-2/h7-8,15-16H,3-6,9-14H2,1-2H3. The summed E-state index contributed by atoms with van der Waals surface area (Å²) in [7, 11) is 0. The van der Waals surface area contributed by atoms with E-state index in [2.05, 4.69) is 16.7 Å². The van der Waals surface area contributed by atoms with Crippen LogP contribution in [0.2, 0.25) is 0 Å². The van der Waals surface area contributed by atoms with Gasteiger partial charge in [0.25, 0.3) is 0 Å². The van der Waals surface area contributed by atoms with Gasteiger partial charge in [-0.25, -0.2) is 0 Å². The lowest BCUT2D eigenvalue weighted by Crippen LogP contribution is -2.46. The minimum Gasteiger partial charge on any atom is -0.490 e. The van der Waals surface area contributed by atoms with E-state index >= 15 is 0 Å². The molecule has 1 aliphatic heterocycles. The maximum Gasteiger partial charge on any atom is 0.161 e. The maximum absolute atomic E-state index is 10.9. The van der Waals surface area contributed by atoms with Gasteiger partial charge in [0.05, 0.1) is 13.2 Å². The number of hydrogen-bond acceptors (Lipinski definition) is 5. The fraction of sp³-hybridized carbons (Fsp3) is 0.632. The van der Waals surface area contributed by atoms with E-state index in [9.17, 15) is 4.79 Å². The molecular formula is C19H30N2O3. The van der Waals surface area contributed by atoms with Crippen LogP contribution in [0.15, 0.2) is 18.2 Å². The third kappa shape index (κ3) is 5.80. The molecule has 1 aliphatic rings. The molecule has 0 amide bonds. The molecule has 1 aromatic rings. The summed E-state index contributed by atoms with van der Waals surface area (Å²) in [5.74, 6) is 1.37. The molecule has 134 valence electrons. The Morgan fingerprint density at radius 3 is 2.42 bits per heavy atom. The minimum atomic E-state index is 0.558. The van der Waals surface area contributed by atoms with Crippen LogP contribution in [0, 0.1) is 0 Å². The van der Waals surface area contributed by atoms with E-state index < -0.39 is 0 Å². The van der Waals surface area contributed by atoms with Crippen molar-refractivity contribution in [2.24, 2.45) is 0 Å². The number of piperazine rings is 1. The highest BCUT2D eigenvalue weighted by Gasteiger charge is 2.14. The predicted molar refractivity (Wildman–Crippen MR) is 96.3 cm³/mol. The van der Waals surface area contributed by atoms with Crippen LogP contribution in [0.25, 0.3) is 0 Å². The van der Waals surface area contributed by atoms with Gasteiger partial charge in [0.15, 0.2) is 11.5 Å². The summed E-state index contributed by atoms with van der Waals surface area (Å²) in [4.78, 5) is 15.9. The number of benzene rings is 1. The van der Waals surface area contributed by atoms with Gasteiger partial charge in [-0.1, -0.05) is 6.92 Å². The smallest absolute Gasteiger partial charge is 0.161 e. The lowest BCUT2D eigenvalue weighted by Gasteiger charge is -2.33. The molecule has 0 aromatic heterocycles. The molecule has 5 nitrogen and oxygen atoms in total. The van der Waals surface area contributed by atoms with Crippen molar-refractivity contribution >= 4 is 6.29 Å². The van der Waals surface area contributed by atoms with Crippen molar-refractivity contribution in [1.29, 1.82) is 0 Å². The van der Waals surface area contributed by atoms with Crippen molar-refractivity contribution in [2.45, 2.75) is 26.7 Å². The van der Waals surface area contributed by atoms with E-state index in [1.807, 2.05) is 13.0 Å². The van der Waals surface area contributed by atoms with Crippen LogP contribution in [-0.2, 0) is 0 Å². The molecule has 1 aromatic carbocycles. The minimum absolute atomic E-state index is 0.558. The zero-order chi connectivity index (χ0) is 17.2. The van der Waals surface area contributed by atoms with E-state index in [1.165, 1.54) is 26.2 Å². The van der Waals surface area contributed by atoms with Crippen molar-refractivity contribution in [2.75, 3.05) is 52.5 Å². The van der Waals surface area contributed by atoms with Gasteiger partial charge in [0.1, 0.15) is 6.29 Å². The van der Waals surface area contributed by atoms with Crippen molar-refractivity contribution in [1.82, 2.24) is 9.80 Å². The first-order chi connectivity index (χ1) is 11.8. The summed E-state index contributed by atoms with van der Waals surface area (Å²) in [5, 5.41) is 0. The number of nitrogens with zero attached hydrogens (tertiary/aromatic N) is 2. The third-order valence-electron chi connectivity index (χ3n) is 4.44. The quantitative estimate of drug-likeness (QED) is 0.486. The molecule has 0 unspecified atom stereocenters. The van der Waals surface area contributed by atoms with Crippen molar-refractivity contribution < 1.29 is 14.3 Å². The molecule has 0 radical (unpaired) electrons. The Morgan fingerprint density at radius 1 is 1.00 bits per heavy atom. The van der Waals surface area contributed by atoms with E-state index in [-0.39, 0.29) is 0 Å². The maximum atomic E-state index is 10.9. The number of carbonyl (C=O) groups excluding carboxylic acids is 1. The van der Waals surface area contributed by atoms with Gasteiger partial charge in [-0.05, 0) is 51.1 Å². The molecule has 0 atom stereocenters. The zero-order valence-corrected chi connectivity index (χ0v) is 15.0. The predicted octanol–water partition coefficient (Wildman–Crippen LogP) is 2.69. The Hall–Kier alpha value is -1.59. The van der Waals surface area contributed by atoms with E-state index in [1.54, 1.807) is 12.1 Å². The first-order valence-electron chi connectivity index (χ1n) is 9.06. The van der Waals surface area contributed by atoms with Crippen LogP contribution in [0.4, 0.5) is 0 Å². The van der Waals surface area contributed by atoms with Gasteiger partial charge in [-0.15, -0.1) is 0 Å². The third-order valence-corrected chi connectivity index (χ3v) is 4.44. The largest absolute Gasteiger partial charge is 0.490 e. The lowest BCUT2D eigenvalue weighted by molar-refractivity contribution is 0.112. The first kappa shape index (κ1) is 18.7. The average Bonchev–Trinajstić information content (AvgIpc) is 2.63. The van der Waals surface area contributed by atoms with Crippen LogP contribution in [0.1, 0.15) is 37.0 Å². The molecule has 0 bridgehead atoms. The second-order valence-corrected chi connectivity index (χ2v) is 6.09. The van der Waals surface area contributed by atoms with Crippen LogP contribution >= 0.6 is 0 Å². The Kier molecular flexibility index (Phi) is 8.05. The molecule has 1 saturated heterocycles. The van der Waals surface area contributed by atoms with Gasteiger partial charge < -0.3 is 19.3 Å². The zero-order valence-electron chi connectivity index (χ0n) is 15.0. The number of carbonyl (C=O) groups is 1. The number of aldehydes is 1. The molecular weight excluding hydrogens is 304 g/mol. The number of rotatable bonds is 10. The number of ether oxygens (including phenoxy) is 2. The molecule has 24 heavy (non-hydrogen) atoms. The van der Waals surface area contributed by atoms with Gasteiger partial charge in [0.2, 0.25) is 0 Å². The first-order valence-corrected chi connectivity index (χ1v) is 9.06. The number of unbranched alkanes of at least 4 members (excludes halogenated alkanes) is 1. The molecule has 2 rings (SSSR count). The van der Waals surface area contributed by atoms with E-state index in [4.69, 9.17) is 9.47 Å². The number of likely N-dealkylation sites (N-methyl/N-ethyl adjacent to an activating group) is 1. The Labute approximate surface area is 145 Å². The molecule has 1 fully saturated rings. The highest BCUT2D eigenvalue weighted by Crippen LogP contribution is 2.28. The molecule has 0 aliphatic carbocycles. The Balaban J connectivity index is 1.68. The van der Waals surface area contributed by atoms with E-state index in [0.29, 0.717) is 24.5 Å². The molecule has 0 N–H and O–H groups in total. The van der Waals surface area contributed by atoms with Crippen molar-refractivity contribution in [3.8, 4) is 11.5 Å². The molecule has 1 heterocycles. The average molecular weight is 334 g/mol. The highest BCUT2D eigenvalue weighted by atomic mass is 16.5. The highest BCUT2D eigenvalue weighted by molar-refractivity contribution is 5.76. The van der Waals surface area contributed by atoms with Crippen LogP contribution in [-0.4, -0.2) is 68.6 Å². The Bertz CT molecular complexity index is 499. The fourth-order valence-corrected chi connectivity index (χ4v) is 2.93. The van der Waals surface area contributed by atoms with E-state index in [0.717, 1.165) is 38.0 Å². The van der Waals surface area contributed by atoms with Gasteiger partial charge in [-0.3, -0.25) is 4.79 Å².